The first-order valence-electron chi connectivity index (χ1n) is 7.39. The lowest BCUT2D eigenvalue weighted by Gasteiger charge is -2.09. The van der Waals surface area contributed by atoms with Crippen molar-refractivity contribution < 1.29 is 9.18 Å². The first-order chi connectivity index (χ1) is 12.0. The maximum absolute atomic E-state index is 13.6. The lowest BCUT2D eigenvalue weighted by Crippen LogP contribution is -2.16. The minimum absolute atomic E-state index is 0.182. The Morgan fingerprint density at radius 2 is 2.16 bits per heavy atom. The number of aromatic nitrogens is 4. The van der Waals surface area contributed by atoms with E-state index in [1.807, 2.05) is 12.3 Å². The Morgan fingerprint density at radius 1 is 1.32 bits per heavy atom. The van der Waals surface area contributed by atoms with Crippen molar-refractivity contribution in [3.8, 4) is 16.6 Å². The summed E-state index contributed by atoms with van der Waals surface area (Å²) in [5, 5.41) is 3.19. The standard InChI is InChI=1S/C17H12FN5OS/c1-9-8-23(13-3-2-10(18)6-11(9)13)16-12(14(19)24)7-21-15(22-16)17-20-4-5-25-17/h2-8H,1H3,(H2,19,24). The molecule has 0 atom stereocenters. The Hall–Kier alpha value is -3.13. The van der Waals surface area contributed by atoms with Crippen molar-refractivity contribution in [2.75, 3.05) is 0 Å². The van der Waals surface area contributed by atoms with Crippen LogP contribution in [-0.2, 0) is 0 Å². The average Bonchev–Trinajstić information content (AvgIpc) is 3.23. The van der Waals surface area contributed by atoms with Crippen molar-refractivity contribution >= 4 is 28.1 Å². The number of halogens is 1. The van der Waals surface area contributed by atoms with E-state index in [2.05, 4.69) is 15.0 Å². The SMILES string of the molecule is Cc1cn(-c2nc(-c3nccs3)ncc2C(N)=O)c2ccc(F)cc12. The molecular formula is C17H12FN5OS. The maximum atomic E-state index is 13.6. The molecule has 0 aliphatic carbocycles. The number of aryl methyl sites for hydroxylation is 1. The van der Waals surface area contributed by atoms with Crippen molar-refractivity contribution in [3.05, 3.63) is 59.1 Å². The topological polar surface area (TPSA) is 86.7 Å². The van der Waals surface area contributed by atoms with E-state index in [1.165, 1.54) is 29.7 Å². The predicted octanol–water partition coefficient (Wildman–Crippen LogP) is 3.09. The summed E-state index contributed by atoms with van der Waals surface area (Å²) in [6.07, 6.45) is 4.85. The van der Waals surface area contributed by atoms with Gasteiger partial charge in [-0.1, -0.05) is 0 Å². The molecule has 6 nitrogen and oxygen atoms in total. The van der Waals surface area contributed by atoms with E-state index in [0.717, 1.165) is 16.5 Å². The number of primary amides is 1. The second kappa shape index (κ2) is 5.75. The van der Waals surface area contributed by atoms with Gasteiger partial charge in [0.05, 0.1) is 5.52 Å². The zero-order chi connectivity index (χ0) is 17.6. The molecule has 1 amide bonds. The molecule has 2 N–H and O–H groups in total. The minimum Gasteiger partial charge on any atom is -0.365 e. The highest BCUT2D eigenvalue weighted by molar-refractivity contribution is 7.13. The Bertz CT molecular complexity index is 1100. The molecule has 0 saturated heterocycles. The summed E-state index contributed by atoms with van der Waals surface area (Å²) in [4.78, 5) is 24.7. The Kier molecular flexibility index (Phi) is 3.54. The molecule has 25 heavy (non-hydrogen) atoms. The number of fused-ring (bicyclic) bond motifs is 1. The van der Waals surface area contributed by atoms with E-state index < -0.39 is 5.91 Å². The third-order valence-corrected chi connectivity index (χ3v) is 4.62. The molecule has 0 radical (unpaired) electrons. The Morgan fingerprint density at radius 3 is 2.88 bits per heavy atom. The van der Waals surface area contributed by atoms with Crippen molar-refractivity contribution in [3.63, 3.8) is 0 Å². The molecule has 0 spiro atoms. The number of nitrogens with two attached hydrogens (primary N) is 1. The molecule has 124 valence electrons. The number of hydrogen-bond donors (Lipinski definition) is 1. The van der Waals surface area contributed by atoms with Crippen LogP contribution in [-0.4, -0.2) is 25.4 Å². The van der Waals surface area contributed by atoms with Gasteiger partial charge in [-0.2, -0.15) is 0 Å². The highest BCUT2D eigenvalue weighted by Crippen LogP contribution is 2.27. The molecule has 4 aromatic rings. The molecule has 3 aromatic heterocycles. The van der Waals surface area contributed by atoms with Crippen LogP contribution < -0.4 is 5.73 Å². The number of rotatable bonds is 3. The van der Waals surface area contributed by atoms with Crippen molar-refractivity contribution in [1.29, 1.82) is 0 Å². The Balaban J connectivity index is 2.01. The van der Waals surface area contributed by atoms with Gasteiger partial charge in [0, 0.05) is 29.4 Å². The highest BCUT2D eigenvalue weighted by Gasteiger charge is 2.18. The number of carbonyl (C=O) groups is 1. The van der Waals surface area contributed by atoms with E-state index in [4.69, 9.17) is 5.73 Å². The third-order valence-electron chi connectivity index (χ3n) is 3.85. The van der Waals surface area contributed by atoms with E-state index in [9.17, 15) is 9.18 Å². The van der Waals surface area contributed by atoms with Gasteiger partial charge < -0.3 is 10.3 Å². The van der Waals surface area contributed by atoms with Crippen LogP contribution in [0.15, 0.2) is 42.2 Å². The van der Waals surface area contributed by atoms with Gasteiger partial charge >= 0.3 is 0 Å². The van der Waals surface area contributed by atoms with Gasteiger partial charge in [-0.3, -0.25) is 4.79 Å². The summed E-state index contributed by atoms with van der Waals surface area (Å²) >= 11 is 1.39. The largest absolute Gasteiger partial charge is 0.365 e. The minimum atomic E-state index is -0.637. The van der Waals surface area contributed by atoms with E-state index in [0.29, 0.717) is 16.6 Å². The monoisotopic (exact) mass is 353 g/mol. The summed E-state index contributed by atoms with van der Waals surface area (Å²) in [7, 11) is 0. The molecule has 4 rings (SSSR count). The molecule has 0 aliphatic rings. The molecule has 0 bridgehead atoms. The molecule has 1 aromatic carbocycles. The first-order valence-corrected chi connectivity index (χ1v) is 8.27. The fourth-order valence-electron chi connectivity index (χ4n) is 2.71. The summed E-state index contributed by atoms with van der Waals surface area (Å²) in [5.74, 6) is -0.217. The van der Waals surface area contributed by atoms with Crippen LogP contribution in [0.3, 0.4) is 0 Å². The number of nitrogens with zero attached hydrogens (tertiary/aromatic N) is 4. The molecule has 0 aliphatic heterocycles. The van der Waals surface area contributed by atoms with Crippen molar-refractivity contribution in [2.45, 2.75) is 6.92 Å². The summed E-state index contributed by atoms with van der Waals surface area (Å²) in [6.45, 7) is 1.87. The van der Waals surface area contributed by atoms with E-state index in [-0.39, 0.29) is 11.4 Å². The van der Waals surface area contributed by atoms with Gasteiger partial charge in [0.15, 0.2) is 16.6 Å². The maximum Gasteiger partial charge on any atom is 0.254 e. The molecule has 3 heterocycles. The fraction of sp³-hybridized carbons (Fsp3) is 0.0588. The predicted molar refractivity (Wildman–Crippen MR) is 93.2 cm³/mol. The smallest absolute Gasteiger partial charge is 0.254 e. The van der Waals surface area contributed by atoms with Crippen LogP contribution in [0, 0.1) is 12.7 Å². The van der Waals surface area contributed by atoms with Crippen LogP contribution >= 0.6 is 11.3 Å². The molecule has 8 heteroatoms. The van der Waals surface area contributed by atoms with Crippen LogP contribution in [0.1, 0.15) is 15.9 Å². The van der Waals surface area contributed by atoms with Gasteiger partial charge in [-0.05, 0) is 30.7 Å². The molecule has 0 unspecified atom stereocenters. The van der Waals surface area contributed by atoms with Crippen LogP contribution in [0.25, 0.3) is 27.6 Å². The van der Waals surface area contributed by atoms with E-state index in [1.54, 1.807) is 23.0 Å². The lowest BCUT2D eigenvalue weighted by atomic mass is 10.2. The quantitative estimate of drug-likeness (QED) is 0.613. The van der Waals surface area contributed by atoms with Crippen LogP contribution in [0.2, 0.25) is 0 Å². The summed E-state index contributed by atoms with van der Waals surface area (Å²) in [5.41, 5.74) is 7.26. The molecule has 0 fully saturated rings. The summed E-state index contributed by atoms with van der Waals surface area (Å²) < 4.78 is 15.3. The highest BCUT2D eigenvalue weighted by atomic mass is 32.1. The van der Waals surface area contributed by atoms with Crippen LogP contribution in [0.5, 0.6) is 0 Å². The Labute approximate surface area is 145 Å². The van der Waals surface area contributed by atoms with Gasteiger partial charge in [0.25, 0.3) is 5.91 Å². The molecular weight excluding hydrogens is 341 g/mol. The number of carbonyl (C=O) groups excluding carboxylic acids is 1. The van der Waals surface area contributed by atoms with Crippen molar-refractivity contribution in [1.82, 2.24) is 19.5 Å². The number of thiazole rings is 1. The number of amides is 1. The fourth-order valence-corrected chi connectivity index (χ4v) is 3.29. The van der Waals surface area contributed by atoms with Gasteiger partial charge in [0.1, 0.15) is 11.4 Å². The van der Waals surface area contributed by atoms with Gasteiger partial charge in [-0.15, -0.1) is 11.3 Å². The second-order valence-electron chi connectivity index (χ2n) is 5.48. The first kappa shape index (κ1) is 15.4. The van der Waals surface area contributed by atoms with E-state index >= 15 is 0 Å². The number of hydrogen-bond acceptors (Lipinski definition) is 5. The zero-order valence-electron chi connectivity index (χ0n) is 13.1. The zero-order valence-corrected chi connectivity index (χ0v) is 13.9. The van der Waals surface area contributed by atoms with Gasteiger partial charge in [-0.25, -0.2) is 19.3 Å². The van der Waals surface area contributed by atoms with Crippen LogP contribution in [0.4, 0.5) is 4.39 Å². The second-order valence-corrected chi connectivity index (χ2v) is 6.37. The summed E-state index contributed by atoms with van der Waals surface area (Å²) in [6, 6.07) is 4.47. The number of benzene rings is 1. The molecule has 0 saturated carbocycles. The van der Waals surface area contributed by atoms with Gasteiger partial charge in [0.2, 0.25) is 0 Å². The lowest BCUT2D eigenvalue weighted by molar-refractivity contribution is 0.0999. The third kappa shape index (κ3) is 2.56. The van der Waals surface area contributed by atoms with Crippen molar-refractivity contribution in [2.24, 2.45) is 5.73 Å². The average molecular weight is 353 g/mol. The normalized spacial score (nSPS) is 11.1.